The molecule has 0 saturated heterocycles. The number of nitrogen functional groups attached to an aromatic ring is 4. The first-order valence-corrected chi connectivity index (χ1v) is 39.6. The first kappa shape index (κ1) is 84.4. The largest absolute Gasteiger partial charge is 0.396 e. The van der Waals surface area contributed by atoms with Crippen LogP contribution in [0.2, 0.25) is 0 Å². The average molecular weight is 1640 g/mol. The molecule has 122 heavy (non-hydrogen) atoms. The van der Waals surface area contributed by atoms with Crippen molar-refractivity contribution >= 4 is 126 Å². The van der Waals surface area contributed by atoms with E-state index < -0.39 is 0 Å². The molecule has 0 aliphatic carbocycles. The number of aromatic nitrogens is 19. The highest BCUT2D eigenvalue weighted by atomic mass is 32.1. The molecule has 32 heteroatoms. The van der Waals surface area contributed by atoms with E-state index in [4.69, 9.17) is 49.2 Å². The monoisotopic (exact) mass is 1640 g/mol. The van der Waals surface area contributed by atoms with Crippen molar-refractivity contribution < 1.29 is 20.4 Å². The molecule has 0 spiro atoms. The zero-order valence-corrected chi connectivity index (χ0v) is 68.2. The lowest BCUT2D eigenvalue weighted by molar-refractivity contribution is 0.280. The van der Waals surface area contributed by atoms with Crippen molar-refractivity contribution in [1.29, 1.82) is 0 Å². The maximum atomic E-state index is 9.47. The summed E-state index contributed by atoms with van der Waals surface area (Å²) in [5.41, 5.74) is 45.3. The van der Waals surface area contributed by atoms with Gasteiger partial charge in [0.15, 0.2) is 5.70 Å². The van der Waals surface area contributed by atoms with Crippen LogP contribution in [0.3, 0.4) is 0 Å². The summed E-state index contributed by atoms with van der Waals surface area (Å²) in [5, 5.41) is 55.2. The van der Waals surface area contributed by atoms with Crippen LogP contribution in [0.4, 0.5) is 23.3 Å². The van der Waals surface area contributed by atoms with Gasteiger partial charge in [0.25, 0.3) is 11.6 Å². The van der Waals surface area contributed by atoms with Crippen molar-refractivity contribution in [3.05, 3.63) is 290 Å². The van der Waals surface area contributed by atoms with Gasteiger partial charge in [0, 0.05) is 132 Å². The van der Waals surface area contributed by atoms with E-state index in [0.717, 1.165) is 117 Å². The molecule has 0 aliphatic rings. The molecule has 4 aromatic carbocycles. The second-order valence-corrected chi connectivity index (χ2v) is 29.0. The fourth-order valence-electron chi connectivity index (χ4n) is 14.2. The number of hydrogen-bond acceptors (Lipinski definition) is 22. The molecule has 0 aliphatic heterocycles. The molecule has 610 valence electrons. The van der Waals surface area contributed by atoms with Gasteiger partial charge in [0.1, 0.15) is 88.6 Å². The van der Waals surface area contributed by atoms with Crippen LogP contribution in [0.1, 0.15) is 87.0 Å². The van der Waals surface area contributed by atoms with Crippen LogP contribution in [0.15, 0.2) is 183 Å². The standard InChI is InChI=1S/C24H22N6O.C23H22N6OS.C22H21N7O.C21H20N8O/c1-16-6-8-17(9-7-16)21-20(13-19(26-2)18-5-3-10-27-14-18)30(11-4-12-31)24-22(21)23(25)28-15-29-24;1-14-5-7-16(8-6-14)19-18(11-17(25-3)23-28-15(2)12-31-23)29(9-4-10-30)22-20(19)21(24)26-13-27-22;1-15-5-7-16(8-6-15)19-17(13-18(24-2)29-11-3-9-27-29)28(10-4-12-30)22-20(19)21(23)25-14-26-22;1-14-4-6-15(7-5-14)18-16(12-17(23-2)29-10-8-26-27-29)28(9-3-11-30)21-19(18)20(22)24-13-25-21/h3,5-10,13-15,31H,4,11-12H2,1H3,(H2,25,28,29);5-8,11-13,30H,4,9-10H2,1-2H3,(H2,24,26,27);3,5-9,11,13-14,30H,4,10,12H2,1H3,(H2,23,25,26);4-8,10,12-13,30H,3,9,11H2,1H3,(H2,22,24,25)/b19-13-;17-11-;18-13+;17-12+. The normalized spacial score (nSPS) is 11.7. The number of aryl methyl sites for hydroxylation is 9. The molecule has 0 fully saturated rings. The van der Waals surface area contributed by atoms with Gasteiger partial charge in [-0.2, -0.15) is 4.68 Å². The number of nitrogens with two attached hydrogens (primary N) is 4. The summed E-state index contributed by atoms with van der Waals surface area (Å²) in [6.07, 6.45) is 25.0. The summed E-state index contributed by atoms with van der Waals surface area (Å²) in [5.74, 6) is 2.11. The van der Waals surface area contributed by atoms with Crippen LogP contribution < -0.4 is 22.9 Å². The summed E-state index contributed by atoms with van der Waals surface area (Å²) in [6.45, 7) is 43.1. The summed E-state index contributed by atoms with van der Waals surface area (Å²) < 4.78 is 10.9. The van der Waals surface area contributed by atoms with Crippen LogP contribution >= 0.6 is 11.3 Å². The molecular formula is C90H85N27O4S. The Morgan fingerprint density at radius 1 is 0.410 bits per heavy atom. The molecule has 16 rings (SSSR count). The maximum Gasteiger partial charge on any atom is 0.258 e. The first-order chi connectivity index (χ1) is 59.4. The van der Waals surface area contributed by atoms with Gasteiger partial charge in [0.05, 0.1) is 47.1 Å². The number of nitrogens with zero attached hydrogens (tertiary/aromatic N) is 23. The quantitative estimate of drug-likeness (QED) is 0.0260. The highest BCUT2D eigenvalue weighted by Gasteiger charge is 2.28. The molecular weight excluding hydrogens is 1560 g/mol. The van der Waals surface area contributed by atoms with Gasteiger partial charge in [-0.05, 0) is 118 Å². The Bertz CT molecular complexity index is 6510. The van der Waals surface area contributed by atoms with Crippen molar-refractivity contribution in [3.8, 4) is 44.5 Å². The topological polar surface area (TPSA) is 400 Å². The van der Waals surface area contributed by atoms with E-state index in [1.165, 1.54) is 52.2 Å². The smallest absolute Gasteiger partial charge is 0.258 e. The van der Waals surface area contributed by atoms with Gasteiger partial charge in [-0.3, -0.25) is 9.97 Å². The number of rotatable bonds is 24. The van der Waals surface area contributed by atoms with Crippen molar-refractivity contribution in [2.75, 3.05) is 49.4 Å². The molecule has 0 saturated carbocycles. The third-order valence-corrected chi connectivity index (χ3v) is 20.9. The van der Waals surface area contributed by atoms with E-state index in [1.807, 2.05) is 174 Å². The minimum Gasteiger partial charge on any atom is -0.396 e. The number of fused-ring (bicyclic) bond motifs is 4. The molecule has 12 heterocycles. The number of thiazole rings is 1. The van der Waals surface area contributed by atoms with Crippen LogP contribution in [-0.4, -0.2) is 140 Å². The zero-order chi connectivity index (χ0) is 85.9. The van der Waals surface area contributed by atoms with E-state index in [9.17, 15) is 20.4 Å². The molecule has 0 radical (unpaired) electrons. The Morgan fingerprint density at radius 2 is 0.770 bits per heavy atom. The molecule has 0 amide bonds. The third kappa shape index (κ3) is 18.3. The number of anilines is 4. The lowest BCUT2D eigenvalue weighted by Crippen LogP contribution is -2.05. The summed E-state index contributed by atoms with van der Waals surface area (Å²) >= 11 is 1.44. The Morgan fingerprint density at radius 3 is 1.07 bits per heavy atom. The molecule has 12 N–H and O–H groups in total. The molecule has 12 aromatic heterocycles. The van der Waals surface area contributed by atoms with Gasteiger partial charge in [-0.15, -0.1) is 26.2 Å². The van der Waals surface area contributed by atoms with Gasteiger partial charge < -0.3 is 71.3 Å². The van der Waals surface area contributed by atoms with Crippen molar-refractivity contribution in [2.45, 2.75) is 86.5 Å². The van der Waals surface area contributed by atoms with Crippen molar-refractivity contribution in [2.24, 2.45) is 0 Å². The molecule has 0 atom stereocenters. The summed E-state index contributed by atoms with van der Waals surface area (Å²) in [7, 11) is 0. The number of benzene rings is 4. The second-order valence-electron chi connectivity index (χ2n) is 28.1. The van der Waals surface area contributed by atoms with Crippen LogP contribution in [-0.2, 0) is 26.2 Å². The van der Waals surface area contributed by atoms with Crippen LogP contribution in [0, 0.1) is 60.9 Å². The zero-order valence-electron chi connectivity index (χ0n) is 67.4. The van der Waals surface area contributed by atoms with E-state index in [-0.39, 0.29) is 32.2 Å². The minimum atomic E-state index is 0.0298. The van der Waals surface area contributed by atoms with E-state index in [1.54, 1.807) is 55.3 Å². The lowest BCUT2D eigenvalue weighted by Gasteiger charge is -2.10. The highest BCUT2D eigenvalue weighted by molar-refractivity contribution is 7.10. The molecule has 0 bridgehead atoms. The highest BCUT2D eigenvalue weighted by Crippen LogP contribution is 2.44. The Labute approximate surface area is 705 Å². The Hall–Kier alpha value is -15.6. The summed E-state index contributed by atoms with van der Waals surface area (Å²) in [4.78, 5) is 58.2. The van der Waals surface area contributed by atoms with E-state index in [0.29, 0.717) is 125 Å². The first-order valence-electron chi connectivity index (χ1n) is 38.7. The van der Waals surface area contributed by atoms with Gasteiger partial charge in [0.2, 0.25) is 5.70 Å². The SMILES string of the molecule is [C-]#[N+]/C(=C\c1c(-c2ccc(C)cc2)c2c(N)ncnc2n1CCCO)c1cccnc1.[C-]#[N+]/C(=C\c1c(-c2ccc(C)cc2)c2c(N)ncnc2n1CCCO)c1nc(C)cs1.[C-]#[N+]/C(=C\c1c(-c2ccc(C)cc2)c2c(N)ncnc2n1CCCO)n1cccn1.[C-]#[N+]/C(=C\c1c(-c2ccc(C)cc2)c2c(N)ncnc2n1CCCO)n1ccnn1. The van der Waals surface area contributed by atoms with Gasteiger partial charge in [-0.1, -0.05) is 139 Å². The van der Waals surface area contributed by atoms with Crippen LogP contribution in [0.5, 0.6) is 0 Å². The molecule has 0 unspecified atom stereocenters. The predicted molar refractivity (Wildman–Crippen MR) is 479 cm³/mol. The minimum absolute atomic E-state index is 0.0298. The van der Waals surface area contributed by atoms with E-state index in [2.05, 4.69) is 84.6 Å². The third-order valence-electron chi connectivity index (χ3n) is 19.9. The van der Waals surface area contributed by atoms with Crippen molar-refractivity contribution in [1.82, 2.24) is 92.9 Å². The van der Waals surface area contributed by atoms with Crippen molar-refractivity contribution in [3.63, 3.8) is 0 Å². The van der Waals surface area contributed by atoms with E-state index >= 15 is 0 Å². The number of hydrogen-bond donors (Lipinski definition) is 8. The van der Waals surface area contributed by atoms with Gasteiger partial charge >= 0.3 is 0 Å². The summed E-state index contributed by atoms with van der Waals surface area (Å²) in [6, 6.07) is 37.9. The fourth-order valence-corrected chi connectivity index (χ4v) is 14.9. The second kappa shape index (κ2) is 39.1. The molecule has 31 nitrogen and oxygen atoms in total. The lowest BCUT2D eigenvalue weighted by atomic mass is 10.0. The maximum absolute atomic E-state index is 9.47. The molecule has 16 aromatic rings. The van der Waals surface area contributed by atoms with Gasteiger partial charge in [-0.25, -0.2) is 49.6 Å². The number of pyridine rings is 1. The average Bonchev–Trinajstić information content (AvgIpc) is 1.61. The number of aliphatic hydroxyl groups is 4. The van der Waals surface area contributed by atoms with Crippen LogP contribution in [0.25, 0.3) is 155 Å². The Kier molecular flexibility index (Phi) is 27.1. The number of aliphatic hydroxyl groups excluding tert-OH is 4. The predicted octanol–water partition coefficient (Wildman–Crippen LogP) is 15.0. The Balaban J connectivity index is 0.000000140. The fraction of sp³-hybridized carbons (Fsp3) is 0.189.